The molecule has 0 aliphatic carbocycles. The van der Waals surface area contributed by atoms with Crippen LogP contribution in [0.4, 0.5) is 0 Å². The number of carbonyl (C=O) groups is 2. The van der Waals surface area contributed by atoms with Gasteiger partial charge in [0.2, 0.25) is 0 Å². The van der Waals surface area contributed by atoms with Crippen LogP contribution in [-0.4, -0.2) is 43.4 Å². The summed E-state index contributed by atoms with van der Waals surface area (Å²) in [5.74, 6) is -0.633. The van der Waals surface area contributed by atoms with Gasteiger partial charge in [-0.1, -0.05) is 17.3 Å². The molecule has 2 heterocycles. The van der Waals surface area contributed by atoms with Crippen molar-refractivity contribution in [3.63, 3.8) is 0 Å². The van der Waals surface area contributed by atoms with E-state index in [0.717, 1.165) is 10.6 Å². The van der Waals surface area contributed by atoms with Gasteiger partial charge in [-0.2, -0.15) is 0 Å². The lowest BCUT2D eigenvalue weighted by Crippen LogP contribution is -2.32. The van der Waals surface area contributed by atoms with Crippen molar-refractivity contribution in [2.24, 2.45) is 0 Å². The van der Waals surface area contributed by atoms with Gasteiger partial charge in [0.1, 0.15) is 6.67 Å². The summed E-state index contributed by atoms with van der Waals surface area (Å²) >= 11 is 0. The predicted octanol–water partition coefficient (Wildman–Crippen LogP) is 0.457. The molecule has 1 aromatic carbocycles. The van der Waals surface area contributed by atoms with Crippen LogP contribution in [0.25, 0.3) is 0 Å². The van der Waals surface area contributed by atoms with Crippen molar-refractivity contribution >= 4 is 11.8 Å². The van der Waals surface area contributed by atoms with E-state index in [1.165, 1.54) is 4.68 Å². The van der Waals surface area contributed by atoms with E-state index in [2.05, 4.69) is 10.3 Å². The van der Waals surface area contributed by atoms with E-state index >= 15 is 0 Å². The number of amides is 2. The number of aromatic nitrogens is 3. The first-order valence-corrected chi connectivity index (χ1v) is 6.66. The normalized spacial score (nSPS) is 13.9. The first-order valence-electron chi connectivity index (χ1n) is 6.66. The average Bonchev–Trinajstić information content (AvgIpc) is 3.05. The Kier molecular flexibility index (Phi) is 3.49. The molecular weight excluding hydrogens is 272 g/mol. The molecule has 0 bridgehead atoms. The lowest BCUT2D eigenvalue weighted by molar-refractivity contribution is 0.0596. The van der Waals surface area contributed by atoms with Gasteiger partial charge in [0.25, 0.3) is 11.8 Å². The number of aryl methyl sites for hydroxylation is 1. The number of nitrogens with zero attached hydrogens (tertiary/aromatic N) is 4. The Bertz CT molecular complexity index is 660. The minimum absolute atomic E-state index is 0.0402. The molecule has 1 aliphatic rings. The number of rotatable bonds is 5. The maximum atomic E-state index is 12.2. The smallest absolute Gasteiger partial charge is 0.263 e. The number of imide groups is 1. The van der Waals surface area contributed by atoms with Crippen LogP contribution in [0, 0.1) is 0 Å². The molecule has 21 heavy (non-hydrogen) atoms. The lowest BCUT2D eigenvalue weighted by atomic mass is 10.1. The van der Waals surface area contributed by atoms with Crippen LogP contribution in [0.15, 0.2) is 30.5 Å². The zero-order valence-corrected chi connectivity index (χ0v) is 11.3. The predicted molar refractivity (Wildman–Crippen MR) is 72.4 cm³/mol. The quantitative estimate of drug-likeness (QED) is 0.806. The highest BCUT2D eigenvalue weighted by molar-refractivity contribution is 6.21. The van der Waals surface area contributed by atoms with E-state index in [-0.39, 0.29) is 25.1 Å². The highest BCUT2D eigenvalue weighted by atomic mass is 16.3. The van der Waals surface area contributed by atoms with Gasteiger partial charge in [0, 0.05) is 6.61 Å². The Balaban J connectivity index is 1.76. The van der Waals surface area contributed by atoms with Gasteiger partial charge in [-0.15, -0.1) is 5.10 Å². The van der Waals surface area contributed by atoms with Crippen LogP contribution < -0.4 is 0 Å². The third-order valence-electron chi connectivity index (χ3n) is 3.34. The van der Waals surface area contributed by atoms with Gasteiger partial charge in [-0.3, -0.25) is 14.5 Å². The Morgan fingerprint density at radius 1 is 1.10 bits per heavy atom. The van der Waals surface area contributed by atoms with Crippen molar-refractivity contribution in [3.05, 3.63) is 47.3 Å². The molecule has 7 nitrogen and oxygen atoms in total. The molecule has 0 saturated carbocycles. The molecule has 0 unspecified atom stereocenters. The first kappa shape index (κ1) is 13.4. The number of carbonyl (C=O) groups excluding carboxylic acids is 2. The Hall–Kier alpha value is -2.54. The molecule has 2 amide bonds. The van der Waals surface area contributed by atoms with Crippen LogP contribution in [0.2, 0.25) is 0 Å². The summed E-state index contributed by atoms with van der Waals surface area (Å²) in [5.41, 5.74) is 1.56. The molecule has 7 heteroatoms. The van der Waals surface area contributed by atoms with Gasteiger partial charge < -0.3 is 5.11 Å². The van der Waals surface area contributed by atoms with Gasteiger partial charge in [0.15, 0.2) is 0 Å². The topological polar surface area (TPSA) is 88.3 Å². The standard InChI is InChI=1S/C14H14N4O3/c19-7-3-4-10-8-17(16-15-10)9-18-13(20)11-5-1-2-6-12(11)14(18)21/h1-2,5-6,8,19H,3-4,7,9H2. The maximum absolute atomic E-state index is 12.2. The van der Waals surface area contributed by atoms with Gasteiger partial charge in [-0.05, 0) is 25.0 Å². The van der Waals surface area contributed by atoms with E-state index in [1.54, 1.807) is 30.5 Å². The largest absolute Gasteiger partial charge is 0.396 e. The summed E-state index contributed by atoms with van der Waals surface area (Å²) < 4.78 is 1.45. The number of benzene rings is 1. The first-order chi connectivity index (χ1) is 10.2. The summed E-state index contributed by atoms with van der Waals surface area (Å²) in [6.45, 7) is 0.129. The summed E-state index contributed by atoms with van der Waals surface area (Å²) in [6.07, 6.45) is 2.89. The molecule has 0 radical (unpaired) electrons. The SMILES string of the molecule is O=C1c2ccccc2C(=O)N1Cn1cc(CCCO)nn1. The number of aliphatic hydroxyl groups excluding tert-OH is 1. The summed E-state index contributed by atoms with van der Waals surface area (Å²) in [4.78, 5) is 25.5. The lowest BCUT2D eigenvalue weighted by Gasteiger charge is -2.12. The summed E-state index contributed by atoms with van der Waals surface area (Å²) in [5, 5.41) is 16.6. The number of aliphatic hydroxyl groups is 1. The van der Waals surface area contributed by atoms with E-state index in [1.807, 2.05) is 0 Å². The molecule has 0 saturated heterocycles. The van der Waals surface area contributed by atoms with Crippen molar-refractivity contribution in [1.29, 1.82) is 0 Å². The third-order valence-corrected chi connectivity index (χ3v) is 3.34. The fraction of sp³-hybridized carbons (Fsp3) is 0.286. The summed E-state index contributed by atoms with van der Waals surface area (Å²) in [7, 11) is 0. The Morgan fingerprint density at radius 3 is 2.38 bits per heavy atom. The number of hydrogen-bond acceptors (Lipinski definition) is 5. The van der Waals surface area contributed by atoms with Crippen LogP contribution in [0.3, 0.4) is 0 Å². The molecule has 3 rings (SSSR count). The zero-order chi connectivity index (χ0) is 14.8. The molecule has 0 fully saturated rings. The second-order valence-electron chi connectivity index (χ2n) is 4.80. The van der Waals surface area contributed by atoms with Gasteiger partial charge >= 0.3 is 0 Å². The monoisotopic (exact) mass is 286 g/mol. The number of fused-ring (bicyclic) bond motifs is 1. The molecule has 1 aliphatic heterocycles. The molecule has 1 aromatic heterocycles. The maximum Gasteiger partial charge on any atom is 0.263 e. The highest BCUT2D eigenvalue weighted by Crippen LogP contribution is 2.22. The van der Waals surface area contributed by atoms with Gasteiger partial charge in [-0.25, -0.2) is 4.68 Å². The third kappa shape index (κ3) is 2.43. The Labute approximate surface area is 120 Å². The molecule has 0 spiro atoms. The minimum Gasteiger partial charge on any atom is -0.396 e. The zero-order valence-electron chi connectivity index (χ0n) is 11.3. The molecular formula is C14H14N4O3. The average molecular weight is 286 g/mol. The van der Waals surface area contributed by atoms with E-state index in [0.29, 0.717) is 24.0 Å². The Morgan fingerprint density at radius 2 is 1.76 bits per heavy atom. The van der Waals surface area contributed by atoms with E-state index in [9.17, 15) is 9.59 Å². The van der Waals surface area contributed by atoms with Gasteiger partial charge in [0.05, 0.1) is 23.0 Å². The van der Waals surface area contributed by atoms with Crippen molar-refractivity contribution in [2.75, 3.05) is 6.61 Å². The second kappa shape index (κ2) is 5.45. The van der Waals surface area contributed by atoms with Crippen molar-refractivity contribution < 1.29 is 14.7 Å². The van der Waals surface area contributed by atoms with Crippen molar-refractivity contribution in [1.82, 2.24) is 19.9 Å². The van der Waals surface area contributed by atoms with Crippen molar-refractivity contribution in [3.8, 4) is 0 Å². The molecule has 1 N–H and O–H groups in total. The molecule has 2 aromatic rings. The van der Waals surface area contributed by atoms with Crippen molar-refractivity contribution in [2.45, 2.75) is 19.5 Å². The van der Waals surface area contributed by atoms with Crippen LogP contribution in [0.1, 0.15) is 32.8 Å². The second-order valence-corrected chi connectivity index (χ2v) is 4.80. The van der Waals surface area contributed by atoms with E-state index in [4.69, 9.17) is 5.11 Å². The highest BCUT2D eigenvalue weighted by Gasteiger charge is 2.35. The fourth-order valence-corrected chi connectivity index (χ4v) is 2.29. The fourth-order valence-electron chi connectivity index (χ4n) is 2.29. The number of hydrogen-bond donors (Lipinski definition) is 1. The van der Waals surface area contributed by atoms with Crippen LogP contribution in [-0.2, 0) is 13.1 Å². The van der Waals surface area contributed by atoms with Crippen LogP contribution in [0.5, 0.6) is 0 Å². The minimum atomic E-state index is -0.317. The molecule has 0 atom stereocenters. The summed E-state index contributed by atoms with van der Waals surface area (Å²) in [6, 6.07) is 6.75. The van der Waals surface area contributed by atoms with E-state index < -0.39 is 0 Å². The molecule has 108 valence electrons. The van der Waals surface area contributed by atoms with Crippen LogP contribution >= 0.6 is 0 Å².